The predicted molar refractivity (Wildman–Crippen MR) is 72.5 cm³/mol. The molecule has 0 spiro atoms. The summed E-state index contributed by atoms with van der Waals surface area (Å²) < 4.78 is 0. The molecule has 0 amide bonds. The molecule has 0 bridgehead atoms. The van der Waals surface area contributed by atoms with Gasteiger partial charge >= 0.3 is 0 Å². The van der Waals surface area contributed by atoms with Crippen LogP contribution in [0.3, 0.4) is 0 Å². The number of allylic oxidation sites excluding steroid dienone is 4. The van der Waals surface area contributed by atoms with Crippen LogP contribution in [-0.4, -0.2) is 7.05 Å². The summed E-state index contributed by atoms with van der Waals surface area (Å²) in [4.78, 5) is 1.90. The third kappa shape index (κ3) is 3.81. The number of rotatable bonds is 4. The lowest BCUT2D eigenvalue weighted by Crippen LogP contribution is -2.15. The molecule has 0 saturated carbocycles. The molecule has 0 saturated heterocycles. The molecule has 2 nitrogen and oxygen atoms in total. The van der Waals surface area contributed by atoms with E-state index in [1.165, 1.54) is 0 Å². The van der Waals surface area contributed by atoms with Crippen molar-refractivity contribution >= 4 is 5.69 Å². The summed E-state index contributed by atoms with van der Waals surface area (Å²) in [5.41, 5.74) is 1.69. The largest absolute Gasteiger partial charge is 0.336 e. The first kappa shape index (κ1) is 13.1. The van der Waals surface area contributed by atoms with Crippen molar-refractivity contribution in [2.45, 2.75) is 13.8 Å². The van der Waals surface area contributed by atoms with Gasteiger partial charge in [-0.05, 0) is 31.1 Å². The minimum absolute atomic E-state index is 0.265. The highest BCUT2D eigenvalue weighted by Gasteiger charge is 2.06. The molecule has 1 unspecified atom stereocenters. The van der Waals surface area contributed by atoms with Gasteiger partial charge in [-0.2, -0.15) is 5.26 Å². The molecule has 0 radical (unpaired) electrons. The van der Waals surface area contributed by atoms with Gasteiger partial charge in [-0.25, -0.2) is 0 Å². The molecule has 0 fully saturated rings. The minimum atomic E-state index is 0.265. The maximum absolute atomic E-state index is 9.19. The van der Waals surface area contributed by atoms with Gasteiger partial charge in [0.25, 0.3) is 0 Å². The van der Waals surface area contributed by atoms with E-state index in [1.54, 1.807) is 0 Å². The summed E-state index contributed by atoms with van der Waals surface area (Å²) in [6.07, 6.45) is 6.03. The molecular formula is C15H18N2. The number of anilines is 1. The predicted octanol–water partition coefficient (Wildman–Crippen LogP) is 3.74. The van der Waals surface area contributed by atoms with Gasteiger partial charge in [-0.3, -0.25) is 0 Å². The van der Waals surface area contributed by atoms with Crippen molar-refractivity contribution in [3.8, 4) is 6.07 Å². The Bertz CT molecular complexity index is 438. The molecular weight excluding hydrogens is 208 g/mol. The molecule has 1 aromatic rings. The minimum Gasteiger partial charge on any atom is -0.336 e. The quantitative estimate of drug-likeness (QED) is 0.577. The van der Waals surface area contributed by atoms with Crippen LogP contribution in [0.25, 0.3) is 0 Å². The van der Waals surface area contributed by atoms with Gasteiger partial charge in [0.2, 0.25) is 0 Å². The summed E-state index contributed by atoms with van der Waals surface area (Å²) in [5.74, 6) is 0.265. The van der Waals surface area contributed by atoms with E-state index in [2.05, 4.69) is 19.1 Å². The third-order valence-electron chi connectivity index (χ3n) is 2.54. The number of para-hydroxylation sites is 1. The van der Waals surface area contributed by atoms with Crippen LogP contribution in [0.15, 0.2) is 54.3 Å². The van der Waals surface area contributed by atoms with Gasteiger partial charge in [0, 0.05) is 12.7 Å². The fourth-order valence-electron chi connectivity index (χ4n) is 1.62. The third-order valence-corrected chi connectivity index (χ3v) is 2.54. The Morgan fingerprint density at radius 1 is 1.35 bits per heavy atom. The van der Waals surface area contributed by atoms with Gasteiger partial charge in [0.15, 0.2) is 0 Å². The van der Waals surface area contributed by atoms with E-state index in [4.69, 9.17) is 0 Å². The molecule has 1 atom stereocenters. The number of hydrogen-bond acceptors (Lipinski definition) is 2. The van der Waals surface area contributed by atoms with Crippen LogP contribution < -0.4 is 4.90 Å². The lowest BCUT2D eigenvalue weighted by Gasteiger charge is -2.18. The molecule has 1 aromatic carbocycles. The van der Waals surface area contributed by atoms with Crippen LogP contribution in [0, 0.1) is 17.2 Å². The summed E-state index contributed by atoms with van der Waals surface area (Å²) in [6, 6.07) is 12.1. The topological polar surface area (TPSA) is 27.0 Å². The van der Waals surface area contributed by atoms with Crippen LogP contribution in [0.2, 0.25) is 0 Å². The van der Waals surface area contributed by atoms with Crippen molar-refractivity contribution in [1.82, 2.24) is 0 Å². The Hall–Kier alpha value is -2.01. The molecule has 0 aliphatic carbocycles. The molecule has 17 heavy (non-hydrogen) atoms. The number of hydrogen-bond donors (Lipinski definition) is 0. The first-order valence-electron chi connectivity index (χ1n) is 5.72. The van der Waals surface area contributed by atoms with Crippen LogP contribution in [0.4, 0.5) is 5.69 Å². The zero-order chi connectivity index (χ0) is 12.7. The van der Waals surface area contributed by atoms with E-state index < -0.39 is 0 Å². The highest BCUT2D eigenvalue weighted by molar-refractivity contribution is 5.54. The van der Waals surface area contributed by atoms with E-state index in [1.807, 2.05) is 61.4 Å². The smallest absolute Gasteiger partial charge is 0.117 e. The number of benzene rings is 1. The van der Waals surface area contributed by atoms with Gasteiger partial charge in [0.05, 0.1) is 0 Å². The fourth-order valence-corrected chi connectivity index (χ4v) is 1.62. The average molecular weight is 226 g/mol. The van der Waals surface area contributed by atoms with Crippen molar-refractivity contribution in [1.29, 1.82) is 5.26 Å². The first-order valence-corrected chi connectivity index (χ1v) is 5.72. The van der Waals surface area contributed by atoms with Crippen LogP contribution in [0.1, 0.15) is 13.8 Å². The Labute approximate surface area is 103 Å². The zero-order valence-corrected chi connectivity index (χ0v) is 10.6. The Morgan fingerprint density at radius 3 is 2.53 bits per heavy atom. The fraction of sp³-hybridized carbons (Fsp3) is 0.267. The second-order valence-corrected chi connectivity index (χ2v) is 3.94. The summed E-state index contributed by atoms with van der Waals surface area (Å²) >= 11 is 0. The van der Waals surface area contributed by atoms with E-state index >= 15 is 0 Å². The van der Waals surface area contributed by atoms with E-state index in [0.29, 0.717) is 5.70 Å². The van der Waals surface area contributed by atoms with Crippen molar-refractivity contribution in [3.05, 3.63) is 54.3 Å². The first-order chi connectivity index (χ1) is 8.19. The van der Waals surface area contributed by atoms with Crippen molar-refractivity contribution in [2.75, 3.05) is 11.9 Å². The van der Waals surface area contributed by atoms with Gasteiger partial charge in [-0.15, -0.1) is 0 Å². The average Bonchev–Trinajstić information content (AvgIpc) is 2.36. The Kier molecular flexibility index (Phi) is 5.03. The Balaban J connectivity index is 2.93. The SMILES string of the molecule is C/C=C/C(C)/C=C(/C#N)N(C)c1ccccc1. The second-order valence-electron chi connectivity index (χ2n) is 3.94. The molecule has 0 aromatic heterocycles. The summed E-state index contributed by atoms with van der Waals surface area (Å²) in [5, 5.41) is 9.19. The lowest BCUT2D eigenvalue weighted by molar-refractivity contribution is 0.916. The van der Waals surface area contributed by atoms with E-state index in [0.717, 1.165) is 5.69 Å². The van der Waals surface area contributed by atoms with Crippen LogP contribution >= 0.6 is 0 Å². The molecule has 2 heteroatoms. The van der Waals surface area contributed by atoms with Gasteiger partial charge in [-0.1, -0.05) is 37.3 Å². The van der Waals surface area contributed by atoms with Gasteiger partial charge in [0.1, 0.15) is 11.8 Å². The standard InChI is InChI=1S/C15H18N2/c1-4-8-13(2)11-15(12-16)17(3)14-9-6-5-7-10-14/h4-11,13H,1-3H3/b8-4+,15-11-. The van der Waals surface area contributed by atoms with Crippen LogP contribution in [-0.2, 0) is 0 Å². The highest BCUT2D eigenvalue weighted by Crippen LogP contribution is 2.17. The highest BCUT2D eigenvalue weighted by atomic mass is 15.1. The molecule has 0 aliphatic rings. The molecule has 0 aliphatic heterocycles. The maximum atomic E-state index is 9.19. The van der Waals surface area contributed by atoms with E-state index in [-0.39, 0.29) is 5.92 Å². The van der Waals surface area contributed by atoms with Crippen LogP contribution in [0.5, 0.6) is 0 Å². The number of nitrogens with zero attached hydrogens (tertiary/aromatic N) is 2. The Morgan fingerprint density at radius 2 is 2.00 bits per heavy atom. The van der Waals surface area contributed by atoms with E-state index in [9.17, 15) is 5.26 Å². The maximum Gasteiger partial charge on any atom is 0.117 e. The molecule has 1 rings (SSSR count). The van der Waals surface area contributed by atoms with Crippen molar-refractivity contribution in [3.63, 3.8) is 0 Å². The zero-order valence-electron chi connectivity index (χ0n) is 10.6. The molecule has 88 valence electrons. The van der Waals surface area contributed by atoms with Crippen molar-refractivity contribution < 1.29 is 0 Å². The molecule has 0 N–H and O–H groups in total. The molecule has 0 heterocycles. The van der Waals surface area contributed by atoms with Gasteiger partial charge < -0.3 is 4.90 Å². The lowest BCUT2D eigenvalue weighted by atomic mass is 10.1. The second kappa shape index (κ2) is 6.55. The van der Waals surface area contributed by atoms with Crippen molar-refractivity contribution in [2.24, 2.45) is 5.92 Å². The summed E-state index contributed by atoms with van der Waals surface area (Å²) in [6.45, 7) is 4.05. The number of nitriles is 1. The normalized spacial score (nSPS) is 13.4. The summed E-state index contributed by atoms with van der Waals surface area (Å²) in [7, 11) is 1.91. The monoisotopic (exact) mass is 226 g/mol.